The maximum Gasteiger partial charge on any atom is 0.265 e. The van der Waals surface area contributed by atoms with Crippen LogP contribution in [0.1, 0.15) is 25.6 Å². The second-order valence-electron chi connectivity index (χ2n) is 5.41. The number of carbonyl (C=O) groups excluding carboxylic acids is 2. The van der Waals surface area contributed by atoms with Crippen LogP contribution in [0.15, 0.2) is 60.0 Å². The van der Waals surface area contributed by atoms with Gasteiger partial charge in [0.05, 0.1) is 26.8 Å². The summed E-state index contributed by atoms with van der Waals surface area (Å²) in [5, 5.41) is 7.86. The number of rotatable bonds is 4. The van der Waals surface area contributed by atoms with E-state index in [1.165, 1.54) is 11.3 Å². The Morgan fingerprint density at radius 3 is 2.40 bits per heavy atom. The zero-order valence-electron chi connectivity index (χ0n) is 13.4. The highest BCUT2D eigenvalue weighted by Gasteiger charge is 2.15. The fraction of sp³-hybridized carbons (Fsp3) is 0.0526. The highest BCUT2D eigenvalue weighted by molar-refractivity contribution is 7.12. The van der Waals surface area contributed by atoms with Crippen molar-refractivity contribution in [3.05, 3.63) is 81.0 Å². The van der Waals surface area contributed by atoms with E-state index < -0.39 is 0 Å². The molecule has 4 nitrogen and oxygen atoms in total. The number of hydrogen-bond acceptors (Lipinski definition) is 3. The van der Waals surface area contributed by atoms with Crippen molar-refractivity contribution in [3.8, 4) is 0 Å². The van der Waals surface area contributed by atoms with Crippen LogP contribution in [0.3, 0.4) is 0 Å². The summed E-state index contributed by atoms with van der Waals surface area (Å²) in [6.45, 7) is 1.92. The molecule has 126 valence electrons. The Hall–Kier alpha value is -2.63. The number of thiophene rings is 1. The molecule has 3 rings (SSSR count). The number of para-hydroxylation sites is 1. The molecule has 6 heteroatoms. The van der Waals surface area contributed by atoms with Gasteiger partial charge in [0.1, 0.15) is 0 Å². The van der Waals surface area contributed by atoms with Crippen LogP contribution < -0.4 is 10.6 Å². The summed E-state index contributed by atoms with van der Waals surface area (Å²) in [6.07, 6.45) is 0. The predicted molar refractivity (Wildman–Crippen MR) is 103 cm³/mol. The monoisotopic (exact) mass is 370 g/mol. The normalized spacial score (nSPS) is 10.3. The maximum atomic E-state index is 12.6. The van der Waals surface area contributed by atoms with Gasteiger partial charge in [0, 0.05) is 0 Å². The van der Waals surface area contributed by atoms with E-state index in [2.05, 4.69) is 10.6 Å². The SMILES string of the molecule is Cc1ccc(NC(=O)c2ccccc2NC(=O)c2cccs2)c(Cl)c1. The standard InChI is InChI=1S/C19H15ClN2O2S/c1-12-8-9-16(14(20)11-12)22-18(23)13-5-2-3-6-15(13)21-19(24)17-7-4-10-25-17/h2-11H,1H3,(H,21,24)(H,22,23). The van der Waals surface area contributed by atoms with Crippen LogP contribution in [0.5, 0.6) is 0 Å². The lowest BCUT2D eigenvalue weighted by atomic mass is 10.1. The van der Waals surface area contributed by atoms with Crippen molar-refractivity contribution in [2.45, 2.75) is 6.92 Å². The molecule has 2 amide bonds. The predicted octanol–water partition coefficient (Wildman–Crippen LogP) is 5.21. The molecule has 2 N–H and O–H groups in total. The summed E-state index contributed by atoms with van der Waals surface area (Å²) < 4.78 is 0. The summed E-state index contributed by atoms with van der Waals surface area (Å²) >= 11 is 7.51. The minimum Gasteiger partial charge on any atom is -0.321 e. The highest BCUT2D eigenvalue weighted by atomic mass is 35.5. The molecular formula is C19H15ClN2O2S. The van der Waals surface area contributed by atoms with Gasteiger partial charge >= 0.3 is 0 Å². The minimum atomic E-state index is -0.340. The third kappa shape index (κ3) is 4.07. The van der Waals surface area contributed by atoms with E-state index in [0.29, 0.717) is 26.8 Å². The number of amides is 2. The molecule has 0 fully saturated rings. The number of carbonyl (C=O) groups is 2. The third-order valence-electron chi connectivity index (χ3n) is 3.54. The second-order valence-corrected chi connectivity index (χ2v) is 6.77. The van der Waals surface area contributed by atoms with Gasteiger partial charge in [0.15, 0.2) is 0 Å². The van der Waals surface area contributed by atoms with E-state index in [1.54, 1.807) is 48.5 Å². The number of aryl methyl sites for hydroxylation is 1. The number of anilines is 2. The molecule has 1 aromatic heterocycles. The van der Waals surface area contributed by atoms with Gasteiger partial charge in [-0.3, -0.25) is 9.59 Å². The van der Waals surface area contributed by atoms with Crippen LogP contribution in [0.2, 0.25) is 5.02 Å². The van der Waals surface area contributed by atoms with Crippen molar-refractivity contribution in [1.29, 1.82) is 0 Å². The Morgan fingerprint density at radius 2 is 1.68 bits per heavy atom. The molecule has 0 spiro atoms. The molecular weight excluding hydrogens is 356 g/mol. The van der Waals surface area contributed by atoms with Crippen LogP contribution in [0.25, 0.3) is 0 Å². The molecule has 0 unspecified atom stereocenters. The highest BCUT2D eigenvalue weighted by Crippen LogP contribution is 2.25. The van der Waals surface area contributed by atoms with Gasteiger partial charge in [-0.15, -0.1) is 11.3 Å². The molecule has 25 heavy (non-hydrogen) atoms. The largest absolute Gasteiger partial charge is 0.321 e. The number of hydrogen-bond donors (Lipinski definition) is 2. The van der Waals surface area contributed by atoms with Crippen LogP contribution in [0, 0.1) is 6.92 Å². The molecule has 0 saturated heterocycles. The van der Waals surface area contributed by atoms with Crippen LogP contribution in [-0.4, -0.2) is 11.8 Å². The van der Waals surface area contributed by atoms with Crippen molar-refractivity contribution in [2.24, 2.45) is 0 Å². The molecule has 0 bridgehead atoms. The zero-order valence-corrected chi connectivity index (χ0v) is 14.9. The van der Waals surface area contributed by atoms with E-state index in [9.17, 15) is 9.59 Å². The molecule has 0 saturated carbocycles. The summed E-state index contributed by atoms with van der Waals surface area (Å²) in [5.74, 6) is -0.587. The molecule has 1 heterocycles. The zero-order chi connectivity index (χ0) is 17.8. The Balaban J connectivity index is 1.82. The van der Waals surface area contributed by atoms with E-state index in [1.807, 2.05) is 18.4 Å². The Bertz CT molecular complexity index is 923. The molecule has 0 aliphatic rings. The molecule has 0 atom stereocenters. The van der Waals surface area contributed by atoms with Crippen molar-refractivity contribution in [3.63, 3.8) is 0 Å². The molecule has 0 aliphatic carbocycles. The molecule has 3 aromatic rings. The first kappa shape index (κ1) is 17.2. The summed E-state index contributed by atoms with van der Waals surface area (Å²) in [4.78, 5) is 25.4. The molecule has 2 aromatic carbocycles. The average molecular weight is 371 g/mol. The van der Waals surface area contributed by atoms with Gasteiger partial charge in [0.2, 0.25) is 0 Å². The van der Waals surface area contributed by atoms with Crippen LogP contribution in [0.4, 0.5) is 11.4 Å². The lowest BCUT2D eigenvalue weighted by Gasteiger charge is -2.12. The van der Waals surface area contributed by atoms with Crippen LogP contribution in [-0.2, 0) is 0 Å². The Labute approximate surface area is 154 Å². The smallest absolute Gasteiger partial charge is 0.265 e. The lowest BCUT2D eigenvalue weighted by molar-refractivity contribution is 0.102. The summed E-state index contributed by atoms with van der Waals surface area (Å²) in [7, 11) is 0. The first-order valence-electron chi connectivity index (χ1n) is 7.56. The maximum absolute atomic E-state index is 12.6. The fourth-order valence-corrected chi connectivity index (χ4v) is 3.19. The average Bonchev–Trinajstić information content (AvgIpc) is 3.12. The molecule has 0 aliphatic heterocycles. The summed E-state index contributed by atoms with van der Waals surface area (Å²) in [6, 6.07) is 15.8. The Kier molecular flexibility index (Phi) is 5.16. The first-order chi connectivity index (χ1) is 12.0. The minimum absolute atomic E-state index is 0.247. The topological polar surface area (TPSA) is 58.2 Å². The van der Waals surface area contributed by atoms with E-state index >= 15 is 0 Å². The van der Waals surface area contributed by atoms with E-state index in [0.717, 1.165) is 5.56 Å². The van der Waals surface area contributed by atoms with Gasteiger partial charge in [-0.05, 0) is 48.2 Å². The van der Waals surface area contributed by atoms with Crippen LogP contribution >= 0.6 is 22.9 Å². The second kappa shape index (κ2) is 7.51. The third-order valence-corrected chi connectivity index (χ3v) is 4.72. The first-order valence-corrected chi connectivity index (χ1v) is 8.82. The van der Waals surface area contributed by atoms with Gasteiger partial charge < -0.3 is 10.6 Å². The van der Waals surface area contributed by atoms with Crippen molar-refractivity contribution in [1.82, 2.24) is 0 Å². The van der Waals surface area contributed by atoms with Crippen molar-refractivity contribution < 1.29 is 9.59 Å². The van der Waals surface area contributed by atoms with E-state index in [-0.39, 0.29) is 11.8 Å². The number of halogens is 1. The van der Waals surface area contributed by atoms with Gasteiger partial charge in [0.25, 0.3) is 11.8 Å². The van der Waals surface area contributed by atoms with Crippen molar-refractivity contribution >= 4 is 46.1 Å². The van der Waals surface area contributed by atoms with Gasteiger partial charge in [-0.25, -0.2) is 0 Å². The number of benzene rings is 2. The molecule has 0 radical (unpaired) electrons. The lowest BCUT2D eigenvalue weighted by Crippen LogP contribution is -2.17. The van der Waals surface area contributed by atoms with Crippen molar-refractivity contribution in [2.75, 3.05) is 10.6 Å². The van der Waals surface area contributed by atoms with E-state index in [4.69, 9.17) is 11.6 Å². The Morgan fingerprint density at radius 1 is 0.920 bits per heavy atom. The quantitative estimate of drug-likeness (QED) is 0.661. The van der Waals surface area contributed by atoms with Gasteiger partial charge in [-0.1, -0.05) is 35.9 Å². The summed E-state index contributed by atoms with van der Waals surface area (Å²) in [5.41, 5.74) is 2.34. The number of nitrogens with one attached hydrogen (secondary N) is 2. The van der Waals surface area contributed by atoms with Gasteiger partial charge in [-0.2, -0.15) is 0 Å². The fourth-order valence-electron chi connectivity index (χ4n) is 2.29.